The van der Waals surface area contributed by atoms with Gasteiger partial charge in [0.25, 0.3) is 0 Å². The van der Waals surface area contributed by atoms with Crippen molar-refractivity contribution in [1.82, 2.24) is 9.78 Å². The Morgan fingerprint density at radius 1 is 1.85 bits per heavy atom. The van der Waals surface area contributed by atoms with E-state index in [4.69, 9.17) is 4.74 Å². The smallest absolute Gasteiger partial charge is 0.342 e. The van der Waals surface area contributed by atoms with Crippen LogP contribution in [0.4, 0.5) is 0 Å². The lowest BCUT2D eigenvalue weighted by molar-refractivity contribution is 0.0522. The number of aromatic nitrogens is 2. The maximum atomic E-state index is 11.4. The van der Waals surface area contributed by atoms with Gasteiger partial charge in [-0.3, -0.25) is 4.68 Å². The number of hydrogen-bond acceptors (Lipinski definition) is 4. The molecule has 0 spiro atoms. The number of nitrogens with zero attached hydrogens (tertiary/aromatic N) is 2. The zero-order valence-electron chi connectivity index (χ0n) is 7.32. The van der Waals surface area contributed by atoms with Crippen LogP contribution in [0.2, 0.25) is 0 Å². The molecule has 2 rings (SSSR count). The van der Waals surface area contributed by atoms with Gasteiger partial charge in [-0.1, -0.05) is 0 Å². The third-order valence-electron chi connectivity index (χ3n) is 1.83. The topological polar surface area (TPSA) is 44.1 Å². The number of carbonyl (C=O) groups excluding carboxylic acids is 1. The summed E-state index contributed by atoms with van der Waals surface area (Å²) < 4.78 is 6.75. The van der Waals surface area contributed by atoms with Crippen LogP contribution in [-0.4, -0.2) is 28.1 Å². The molecule has 70 valence electrons. The van der Waals surface area contributed by atoms with Crippen molar-refractivity contribution < 1.29 is 9.53 Å². The highest BCUT2D eigenvalue weighted by Gasteiger charge is 2.22. The fourth-order valence-corrected chi connectivity index (χ4v) is 2.30. The summed E-state index contributed by atoms with van der Waals surface area (Å²) in [6, 6.07) is 0. The maximum absolute atomic E-state index is 11.4. The molecule has 4 nitrogen and oxygen atoms in total. The minimum absolute atomic E-state index is 0.266. The molecule has 1 aromatic rings. The van der Waals surface area contributed by atoms with Crippen LogP contribution in [0.3, 0.4) is 0 Å². The molecule has 0 N–H and O–H groups in total. The average molecular weight is 198 g/mol. The first kappa shape index (κ1) is 8.62. The second-order valence-corrected chi connectivity index (χ2v) is 3.74. The highest BCUT2D eigenvalue weighted by Crippen LogP contribution is 2.28. The number of hydrogen-bond donors (Lipinski definition) is 0. The molecule has 0 bridgehead atoms. The Hall–Kier alpha value is -0.970. The van der Waals surface area contributed by atoms with Gasteiger partial charge in [-0.2, -0.15) is 5.10 Å². The van der Waals surface area contributed by atoms with E-state index < -0.39 is 0 Å². The SMILES string of the molecule is CCOC(=O)c1cnn2c1SCC2. The number of rotatable bonds is 2. The lowest BCUT2D eigenvalue weighted by atomic mass is 10.4. The van der Waals surface area contributed by atoms with Crippen LogP contribution in [0, 0.1) is 0 Å². The predicted octanol–water partition coefficient (Wildman–Crippen LogP) is 1.17. The minimum Gasteiger partial charge on any atom is -0.462 e. The summed E-state index contributed by atoms with van der Waals surface area (Å²) in [5, 5.41) is 5.04. The maximum Gasteiger partial charge on any atom is 0.342 e. The van der Waals surface area contributed by atoms with E-state index in [1.807, 2.05) is 4.68 Å². The van der Waals surface area contributed by atoms with Crippen LogP contribution >= 0.6 is 11.8 Å². The largest absolute Gasteiger partial charge is 0.462 e. The fourth-order valence-electron chi connectivity index (χ4n) is 1.26. The molecule has 0 saturated heterocycles. The van der Waals surface area contributed by atoms with Crippen LogP contribution in [0.5, 0.6) is 0 Å². The quantitative estimate of drug-likeness (QED) is 0.669. The lowest BCUT2D eigenvalue weighted by Gasteiger charge is -1.99. The molecule has 0 fully saturated rings. The first-order valence-corrected chi connectivity index (χ1v) is 5.17. The molecule has 0 unspecified atom stereocenters. The second kappa shape index (κ2) is 3.41. The standard InChI is InChI=1S/C8H10N2O2S/c1-2-12-8(11)6-5-9-10-3-4-13-7(6)10/h5H,2-4H2,1H3. The van der Waals surface area contributed by atoms with Crippen LogP contribution < -0.4 is 0 Å². The summed E-state index contributed by atoms with van der Waals surface area (Å²) in [6.45, 7) is 3.10. The monoisotopic (exact) mass is 198 g/mol. The van der Waals surface area contributed by atoms with Gasteiger partial charge in [0.1, 0.15) is 10.6 Å². The van der Waals surface area contributed by atoms with E-state index in [1.54, 1.807) is 24.9 Å². The Morgan fingerprint density at radius 2 is 2.69 bits per heavy atom. The first-order valence-electron chi connectivity index (χ1n) is 4.18. The fraction of sp³-hybridized carbons (Fsp3) is 0.500. The molecule has 2 heterocycles. The molecular weight excluding hydrogens is 188 g/mol. The van der Waals surface area contributed by atoms with Crippen molar-refractivity contribution in [1.29, 1.82) is 0 Å². The van der Waals surface area contributed by atoms with Gasteiger partial charge in [0.05, 0.1) is 19.3 Å². The highest BCUT2D eigenvalue weighted by molar-refractivity contribution is 7.99. The minimum atomic E-state index is -0.266. The molecule has 0 atom stereocenters. The van der Waals surface area contributed by atoms with Gasteiger partial charge in [-0.05, 0) is 6.92 Å². The van der Waals surface area contributed by atoms with Gasteiger partial charge in [0.15, 0.2) is 0 Å². The van der Waals surface area contributed by atoms with Crippen molar-refractivity contribution in [2.75, 3.05) is 12.4 Å². The summed E-state index contributed by atoms with van der Waals surface area (Å²) in [4.78, 5) is 11.4. The van der Waals surface area contributed by atoms with E-state index in [0.29, 0.717) is 12.2 Å². The zero-order chi connectivity index (χ0) is 9.26. The van der Waals surface area contributed by atoms with E-state index in [2.05, 4.69) is 5.10 Å². The van der Waals surface area contributed by atoms with Crippen molar-refractivity contribution in [3.05, 3.63) is 11.8 Å². The number of esters is 1. The normalized spacial score (nSPS) is 14.2. The molecule has 13 heavy (non-hydrogen) atoms. The summed E-state index contributed by atoms with van der Waals surface area (Å²) in [7, 11) is 0. The number of carbonyl (C=O) groups is 1. The molecule has 1 aromatic heterocycles. The zero-order valence-corrected chi connectivity index (χ0v) is 8.13. The van der Waals surface area contributed by atoms with Gasteiger partial charge in [0.2, 0.25) is 0 Å². The number of aryl methyl sites for hydroxylation is 1. The molecule has 1 aliphatic heterocycles. The van der Waals surface area contributed by atoms with Crippen molar-refractivity contribution in [3.63, 3.8) is 0 Å². The van der Waals surface area contributed by atoms with Crippen LogP contribution in [0.1, 0.15) is 17.3 Å². The number of ether oxygens (including phenoxy) is 1. The van der Waals surface area contributed by atoms with E-state index in [-0.39, 0.29) is 5.97 Å². The second-order valence-electron chi connectivity index (χ2n) is 2.66. The highest BCUT2D eigenvalue weighted by atomic mass is 32.2. The molecule has 1 aliphatic rings. The van der Waals surface area contributed by atoms with Crippen molar-refractivity contribution in [2.45, 2.75) is 18.5 Å². The number of thioether (sulfide) groups is 1. The summed E-state index contributed by atoms with van der Waals surface area (Å²) in [6.07, 6.45) is 1.58. The Labute approximate surface area is 80.3 Å². The third kappa shape index (κ3) is 1.44. The average Bonchev–Trinajstić information content (AvgIpc) is 2.62. The lowest BCUT2D eigenvalue weighted by Crippen LogP contribution is -2.04. The van der Waals surface area contributed by atoms with E-state index >= 15 is 0 Å². The Morgan fingerprint density at radius 3 is 3.46 bits per heavy atom. The Kier molecular flexibility index (Phi) is 2.26. The van der Waals surface area contributed by atoms with Crippen LogP contribution in [0.25, 0.3) is 0 Å². The molecule has 0 amide bonds. The van der Waals surface area contributed by atoms with Crippen LogP contribution in [0.15, 0.2) is 11.2 Å². The Bertz CT molecular complexity index is 335. The van der Waals surface area contributed by atoms with Gasteiger partial charge < -0.3 is 4.74 Å². The van der Waals surface area contributed by atoms with Crippen molar-refractivity contribution in [3.8, 4) is 0 Å². The van der Waals surface area contributed by atoms with E-state index in [0.717, 1.165) is 17.3 Å². The van der Waals surface area contributed by atoms with Gasteiger partial charge in [-0.25, -0.2) is 4.79 Å². The van der Waals surface area contributed by atoms with Crippen molar-refractivity contribution in [2.24, 2.45) is 0 Å². The van der Waals surface area contributed by atoms with Gasteiger partial charge >= 0.3 is 5.97 Å². The summed E-state index contributed by atoms with van der Waals surface area (Å²) in [5.41, 5.74) is 0.601. The van der Waals surface area contributed by atoms with Gasteiger partial charge in [-0.15, -0.1) is 11.8 Å². The Balaban J connectivity index is 2.26. The van der Waals surface area contributed by atoms with Gasteiger partial charge in [0, 0.05) is 5.75 Å². The predicted molar refractivity (Wildman–Crippen MR) is 48.9 cm³/mol. The van der Waals surface area contributed by atoms with Crippen LogP contribution in [-0.2, 0) is 11.3 Å². The van der Waals surface area contributed by atoms with Crippen molar-refractivity contribution >= 4 is 17.7 Å². The molecule has 0 radical (unpaired) electrons. The molecule has 5 heteroatoms. The molecular formula is C8H10N2O2S. The third-order valence-corrected chi connectivity index (χ3v) is 2.92. The van der Waals surface area contributed by atoms with E-state index in [1.165, 1.54) is 0 Å². The number of fused-ring (bicyclic) bond motifs is 1. The molecule has 0 aromatic carbocycles. The molecule has 0 saturated carbocycles. The first-order chi connectivity index (χ1) is 6.33. The summed E-state index contributed by atoms with van der Waals surface area (Å²) >= 11 is 1.65. The molecule has 0 aliphatic carbocycles. The van der Waals surface area contributed by atoms with E-state index in [9.17, 15) is 4.79 Å². The summed E-state index contributed by atoms with van der Waals surface area (Å²) in [5.74, 6) is 0.730.